The van der Waals surface area contributed by atoms with E-state index in [9.17, 15) is 57.4 Å². The Labute approximate surface area is 138 Å². The first kappa shape index (κ1) is 34.0. The van der Waals surface area contributed by atoms with Crippen LogP contribution in [0.4, 0.5) is 0 Å². The van der Waals surface area contributed by atoms with Crippen molar-refractivity contribution < 1.29 is 99.9 Å². The van der Waals surface area contributed by atoms with Gasteiger partial charge >= 0.3 is 41.3 Å². The van der Waals surface area contributed by atoms with Gasteiger partial charge in [-0.2, -0.15) is 0 Å². The fraction of sp³-hybridized carbons (Fsp3) is 0. The monoisotopic (exact) mass is 474 g/mol. The van der Waals surface area contributed by atoms with E-state index in [-0.39, 0.29) is 41.3 Å². The van der Waals surface area contributed by atoms with Gasteiger partial charge in [-0.1, -0.05) is 0 Å². The molecule has 0 aromatic rings. The van der Waals surface area contributed by atoms with Gasteiger partial charge in [-0.25, -0.2) is 0 Å². The molecule has 21 heavy (non-hydrogen) atoms. The van der Waals surface area contributed by atoms with Gasteiger partial charge in [0.2, 0.25) is 0 Å². The van der Waals surface area contributed by atoms with Crippen LogP contribution in [0.5, 0.6) is 0 Å². The van der Waals surface area contributed by atoms with Gasteiger partial charge < -0.3 is 66.0 Å². The summed E-state index contributed by atoms with van der Waals surface area (Å²) in [5.41, 5.74) is 0. The molecule has 20 heteroatoms. The van der Waals surface area contributed by atoms with Crippen LogP contribution in [0.1, 0.15) is 0 Å². The van der Waals surface area contributed by atoms with Gasteiger partial charge in [0.15, 0.2) is 0 Å². The molecule has 0 saturated carbocycles. The van der Waals surface area contributed by atoms with Crippen molar-refractivity contribution in [3.8, 4) is 0 Å². The van der Waals surface area contributed by atoms with E-state index >= 15 is 0 Å². The van der Waals surface area contributed by atoms with E-state index in [1.807, 2.05) is 0 Å². The van der Waals surface area contributed by atoms with Crippen LogP contribution in [-0.4, -0.2) is 0 Å². The topological polar surface area (TPSA) is 271 Å². The third-order valence-corrected chi connectivity index (χ3v) is 3.60. The molecule has 0 atom stereocenters. The van der Waals surface area contributed by atoms with Crippen LogP contribution in [0.15, 0.2) is 0 Å². The molecule has 0 N–H and O–H groups in total. The maximum absolute atomic E-state index is 9.32. The molecule has 14 nitrogen and oxygen atoms in total. The van der Waals surface area contributed by atoms with Gasteiger partial charge in [-0.15, -0.1) is 0 Å². The molecule has 0 aliphatic heterocycles. The van der Waals surface area contributed by atoms with Crippen molar-refractivity contribution in [3.63, 3.8) is 0 Å². The Morgan fingerprint density at radius 1 is 0.524 bits per heavy atom. The smallest absolute Gasteiger partial charge is 0.790 e. The van der Waals surface area contributed by atoms with Crippen molar-refractivity contribution in [1.82, 2.24) is 0 Å². The van der Waals surface area contributed by atoms with Crippen molar-refractivity contribution in [2.24, 2.45) is 0 Å². The van der Waals surface area contributed by atoms with Crippen molar-refractivity contribution in [3.05, 3.63) is 7.43 Å². The SMILES string of the molecule is O=P([O-])([O-])OP(=O)([O-])[O-].O=P([O-])([O-])OP(=O)([O-])[O-].[C+4].[Co+2].[Mn+2]. The molecule has 0 fully saturated rings. The first-order valence-corrected chi connectivity index (χ1v) is 8.76. The molecule has 0 aliphatic rings. The summed E-state index contributed by atoms with van der Waals surface area (Å²) in [6.07, 6.45) is 0. The molecule has 0 heterocycles. The molecule has 0 amide bonds. The maximum Gasteiger partial charge on any atom is 4.00 e. The molecule has 0 aromatic carbocycles. The summed E-state index contributed by atoms with van der Waals surface area (Å²) in [5, 5.41) is 0. The Morgan fingerprint density at radius 3 is 0.619 bits per heavy atom. The first-order valence-electron chi connectivity index (χ1n) is 2.92. The van der Waals surface area contributed by atoms with Gasteiger partial charge in [-0.3, -0.25) is 0 Å². The second-order valence-corrected chi connectivity index (χ2v) is 6.84. The quantitative estimate of drug-likeness (QED) is 0.271. The van der Waals surface area contributed by atoms with Crippen LogP contribution in [0, 0.1) is 7.43 Å². The summed E-state index contributed by atoms with van der Waals surface area (Å²) in [4.78, 5) is 74.6. The molecular formula is CCoMnO14P4. The molecule has 0 aliphatic carbocycles. The van der Waals surface area contributed by atoms with E-state index in [1.54, 1.807) is 0 Å². The van der Waals surface area contributed by atoms with Crippen LogP contribution >= 0.6 is 31.3 Å². The number of rotatable bonds is 4. The molecule has 2 radical (unpaired) electrons. The predicted molar refractivity (Wildman–Crippen MR) is 35.8 cm³/mol. The van der Waals surface area contributed by atoms with E-state index in [4.69, 9.17) is 0 Å². The Hall–Kier alpha value is 1.55. The fourth-order valence-corrected chi connectivity index (χ4v) is 2.20. The van der Waals surface area contributed by atoms with E-state index in [0.29, 0.717) is 0 Å². The van der Waals surface area contributed by atoms with Crippen LogP contribution in [-0.2, 0) is 60.7 Å². The molecule has 124 valence electrons. The molecule has 0 saturated heterocycles. The molecule has 0 rings (SSSR count). The third-order valence-electron chi connectivity index (χ3n) is 0.400. The second-order valence-electron chi connectivity index (χ2n) is 1.95. The minimum atomic E-state index is -5.68. The summed E-state index contributed by atoms with van der Waals surface area (Å²) in [6.45, 7) is 0. The zero-order valence-corrected chi connectivity index (χ0v) is 14.5. The largest absolute Gasteiger partial charge is 4.00 e. The average molecular weight is 474 g/mol. The number of hydrogen-bond donors (Lipinski definition) is 0. The van der Waals surface area contributed by atoms with E-state index in [1.165, 1.54) is 0 Å². The fourth-order valence-electron chi connectivity index (χ4n) is 0.245. The van der Waals surface area contributed by atoms with E-state index < -0.39 is 31.3 Å². The van der Waals surface area contributed by atoms with Gasteiger partial charge in [-0.05, 0) is 0 Å². The summed E-state index contributed by atoms with van der Waals surface area (Å²) < 4.78 is 42.3. The van der Waals surface area contributed by atoms with Gasteiger partial charge in [0.25, 0.3) is 0 Å². The second kappa shape index (κ2) is 12.0. The standard InChI is InChI=1S/C.Co.Mn.2H4O7P2/c;;;2*1-8(2,3)7-9(4,5)6/h;;;2*(H2,1,2,3)(H2,4,5,6)/q+4;2*+2;;/p-8. The van der Waals surface area contributed by atoms with Crippen LogP contribution in [0.2, 0.25) is 0 Å². The van der Waals surface area contributed by atoms with Gasteiger partial charge in [0, 0.05) is 0 Å². The number of phosphoric acid groups is 4. The molecule has 0 bridgehead atoms. The van der Waals surface area contributed by atoms with Gasteiger partial charge in [0.05, 0.1) is 31.3 Å². The Bertz CT molecular complexity index is 354. The van der Waals surface area contributed by atoms with Crippen LogP contribution in [0.3, 0.4) is 0 Å². The summed E-state index contributed by atoms with van der Waals surface area (Å²) in [6, 6.07) is 0. The molecule has 0 spiro atoms. The Morgan fingerprint density at radius 2 is 0.619 bits per heavy atom. The summed E-state index contributed by atoms with van der Waals surface area (Å²) >= 11 is 0. The van der Waals surface area contributed by atoms with Gasteiger partial charge in [0.1, 0.15) is 0 Å². The normalized spacial score (nSPS) is 11.8. The summed E-state index contributed by atoms with van der Waals surface area (Å²) in [5.74, 6) is 0. The maximum atomic E-state index is 9.32. The van der Waals surface area contributed by atoms with E-state index in [0.717, 1.165) is 0 Å². The van der Waals surface area contributed by atoms with Crippen LogP contribution in [0.25, 0.3) is 0 Å². The number of hydrogen-bond acceptors (Lipinski definition) is 14. The van der Waals surface area contributed by atoms with Crippen molar-refractivity contribution in [2.45, 2.75) is 0 Å². The summed E-state index contributed by atoms with van der Waals surface area (Å²) in [7, 11) is -22.7. The third kappa shape index (κ3) is 44.9. The molecule has 0 unspecified atom stereocenters. The zero-order chi connectivity index (χ0) is 15.4. The predicted octanol–water partition coefficient (Wildman–Crippen LogP) is -6.60. The Balaban J connectivity index is -0.0000000711. The van der Waals surface area contributed by atoms with Crippen molar-refractivity contribution in [2.75, 3.05) is 0 Å². The average Bonchev–Trinajstić information content (AvgIpc) is 1.64. The molecule has 0 aromatic heterocycles. The van der Waals surface area contributed by atoms with Crippen molar-refractivity contribution in [1.29, 1.82) is 0 Å². The Kier molecular flexibility index (Phi) is 19.4. The van der Waals surface area contributed by atoms with Crippen molar-refractivity contribution >= 4 is 31.3 Å². The minimum Gasteiger partial charge on any atom is -0.790 e. The first-order chi connectivity index (χ1) is 7.41. The molecular weight excluding hydrogens is 474 g/mol. The van der Waals surface area contributed by atoms with E-state index in [2.05, 4.69) is 8.62 Å². The minimum absolute atomic E-state index is 0. The van der Waals surface area contributed by atoms with Crippen LogP contribution < -0.4 is 39.1 Å². The zero-order valence-electron chi connectivity index (χ0n) is 8.72.